The predicted molar refractivity (Wildman–Crippen MR) is 207 cm³/mol. The quantitative estimate of drug-likeness (QED) is 0.295. The first-order valence-corrected chi connectivity index (χ1v) is 20.0. The predicted octanol–water partition coefficient (Wildman–Crippen LogP) is 11.5. The number of para-hydroxylation sites is 1. The number of allylic oxidation sites excluding steroid dienone is 9. The number of dihydropyridines is 1. The van der Waals surface area contributed by atoms with Gasteiger partial charge in [-0.2, -0.15) is 0 Å². The van der Waals surface area contributed by atoms with Gasteiger partial charge in [-0.25, -0.2) is 0 Å². The Bertz CT molecular complexity index is 1770. The molecule has 0 amide bonds. The molecule has 50 heavy (non-hydrogen) atoms. The molecule has 7 aliphatic rings. The second-order valence-corrected chi connectivity index (χ2v) is 17.3. The number of nitrogens with zero attached hydrogens (tertiary/aromatic N) is 4. The van der Waals surface area contributed by atoms with Crippen LogP contribution >= 0.6 is 0 Å². The van der Waals surface area contributed by atoms with Gasteiger partial charge in [0.2, 0.25) is 0 Å². The van der Waals surface area contributed by atoms with Crippen LogP contribution in [0.25, 0.3) is 0 Å². The largest absolute Gasteiger partial charge is 0.341 e. The lowest BCUT2D eigenvalue weighted by molar-refractivity contribution is 0.153. The number of anilines is 2. The van der Waals surface area contributed by atoms with Gasteiger partial charge in [0.05, 0.1) is 17.6 Å². The molecule has 9 rings (SSSR count). The van der Waals surface area contributed by atoms with Gasteiger partial charge in [-0.1, -0.05) is 82.4 Å². The van der Waals surface area contributed by atoms with E-state index in [0.29, 0.717) is 35.6 Å². The number of hydrogen-bond donors (Lipinski definition) is 0. The zero-order chi connectivity index (χ0) is 34.0. The van der Waals surface area contributed by atoms with Gasteiger partial charge in [-0.15, -0.1) is 0 Å². The molecular weight excluding hydrogens is 609 g/mol. The minimum Gasteiger partial charge on any atom is -0.341 e. The van der Waals surface area contributed by atoms with E-state index >= 15 is 0 Å². The van der Waals surface area contributed by atoms with Gasteiger partial charge < -0.3 is 9.80 Å². The summed E-state index contributed by atoms with van der Waals surface area (Å²) in [7, 11) is 0. The second kappa shape index (κ2) is 12.8. The molecule has 6 aliphatic carbocycles. The van der Waals surface area contributed by atoms with Crippen molar-refractivity contribution in [2.45, 2.75) is 111 Å². The minimum atomic E-state index is 0.276. The average Bonchev–Trinajstić information content (AvgIpc) is 3.15. The number of benzene rings is 1. The third kappa shape index (κ3) is 5.30. The molecule has 1 aromatic carbocycles. The molecule has 2 aromatic rings. The van der Waals surface area contributed by atoms with E-state index < -0.39 is 0 Å². The molecular formula is C46H56N4. The molecule has 0 N–H and O–H groups in total. The summed E-state index contributed by atoms with van der Waals surface area (Å²) in [6.45, 7) is 11.1. The topological polar surface area (TPSA) is 31.7 Å². The first kappa shape index (κ1) is 32.3. The molecule has 0 spiro atoms. The van der Waals surface area contributed by atoms with Crippen molar-refractivity contribution in [2.75, 3.05) is 11.4 Å². The van der Waals surface area contributed by atoms with Gasteiger partial charge in [0, 0.05) is 53.9 Å². The molecule has 0 radical (unpaired) electrons. The maximum Gasteiger partial charge on any atom is 0.0641 e. The van der Waals surface area contributed by atoms with Gasteiger partial charge in [0.15, 0.2) is 0 Å². The SMILES string of the molecule is CC(C)C1CC(N(c2ccccc2)c2cccnc2)=C2CC3C4=C(C=C(N(C5=CCCN=C5)C5CCCCC5)C5CCC1=C2C45)CCC3(C)C. The Kier molecular flexibility index (Phi) is 8.28. The lowest BCUT2D eigenvalue weighted by Crippen LogP contribution is -2.49. The van der Waals surface area contributed by atoms with Crippen LogP contribution in [0.3, 0.4) is 0 Å². The maximum atomic E-state index is 4.87. The van der Waals surface area contributed by atoms with E-state index in [1.54, 1.807) is 28.0 Å². The van der Waals surface area contributed by atoms with Gasteiger partial charge in [-0.05, 0) is 128 Å². The highest BCUT2D eigenvalue weighted by molar-refractivity contribution is 5.79. The Balaban J connectivity index is 1.27. The third-order valence-electron chi connectivity index (χ3n) is 13.8. The maximum absolute atomic E-state index is 4.87. The molecule has 260 valence electrons. The zero-order valence-corrected chi connectivity index (χ0v) is 30.9. The molecule has 4 heteroatoms. The molecule has 2 saturated carbocycles. The van der Waals surface area contributed by atoms with Crippen LogP contribution in [0.15, 0.2) is 117 Å². The first-order chi connectivity index (χ1) is 24.4. The van der Waals surface area contributed by atoms with Gasteiger partial charge in [-0.3, -0.25) is 9.98 Å². The van der Waals surface area contributed by atoms with Crippen LogP contribution in [0.5, 0.6) is 0 Å². The monoisotopic (exact) mass is 664 g/mol. The van der Waals surface area contributed by atoms with Gasteiger partial charge in [0.25, 0.3) is 0 Å². The fourth-order valence-corrected chi connectivity index (χ4v) is 11.4. The van der Waals surface area contributed by atoms with Crippen molar-refractivity contribution in [3.05, 3.63) is 112 Å². The van der Waals surface area contributed by atoms with Gasteiger partial charge >= 0.3 is 0 Å². The molecule has 2 heterocycles. The van der Waals surface area contributed by atoms with Crippen LogP contribution in [0.4, 0.5) is 11.4 Å². The van der Waals surface area contributed by atoms with E-state index in [1.165, 1.54) is 80.6 Å². The van der Waals surface area contributed by atoms with Crippen LogP contribution in [0.2, 0.25) is 0 Å². The number of hydrogen-bond acceptors (Lipinski definition) is 4. The highest BCUT2D eigenvalue weighted by Gasteiger charge is 2.55. The van der Waals surface area contributed by atoms with Crippen molar-refractivity contribution >= 4 is 17.6 Å². The summed E-state index contributed by atoms with van der Waals surface area (Å²) in [6.07, 6.45) is 26.5. The normalized spacial score (nSPS) is 28.7. The van der Waals surface area contributed by atoms with E-state index in [1.807, 2.05) is 11.8 Å². The van der Waals surface area contributed by atoms with Crippen molar-refractivity contribution in [1.82, 2.24) is 9.88 Å². The fraction of sp³-hybridized carbons (Fsp3) is 0.522. The van der Waals surface area contributed by atoms with Crippen LogP contribution in [-0.2, 0) is 0 Å². The molecule has 1 aliphatic heterocycles. The first-order valence-electron chi connectivity index (χ1n) is 20.0. The molecule has 1 aromatic heterocycles. The third-order valence-corrected chi connectivity index (χ3v) is 13.8. The van der Waals surface area contributed by atoms with E-state index in [9.17, 15) is 0 Å². The average molecular weight is 665 g/mol. The molecule has 2 fully saturated rings. The van der Waals surface area contributed by atoms with E-state index in [0.717, 1.165) is 25.8 Å². The summed E-state index contributed by atoms with van der Waals surface area (Å²) in [5, 5.41) is 0. The van der Waals surface area contributed by atoms with E-state index in [4.69, 9.17) is 4.99 Å². The highest BCUT2D eigenvalue weighted by Crippen LogP contribution is 2.65. The van der Waals surface area contributed by atoms with Crippen molar-refractivity contribution in [3.8, 4) is 0 Å². The van der Waals surface area contributed by atoms with Crippen molar-refractivity contribution in [2.24, 2.45) is 40.0 Å². The lowest BCUT2D eigenvalue weighted by Gasteiger charge is -2.58. The molecule has 4 nitrogen and oxygen atoms in total. The zero-order valence-electron chi connectivity index (χ0n) is 30.9. The van der Waals surface area contributed by atoms with Crippen LogP contribution in [0.1, 0.15) is 105 Å². The van der Waals surface area contributed by atoms with E-state index in [-0.39, 0.29) is 5.41 Å². The summed E-state index contributed by atoms with van der Waals surface area (Å²) < 4.78 is 0. The number of rotatable bonds is 7. The van der Waals surface area contributed by atoms with Crippen molar-refractivity contribution in [1.29, 1.82) is 0 Å². The minimum absolute atomic E-state index is 0.276. The smallest absolute Gasteiger partial charge is 0.0641 e. The fourth-order valence-electron chi connectivity index (χ4n) is 11.4. The Hall–Kier alpha value is -3.66. The molecule has 0 bridgehead atoms. The molecule has 4 atom stereocenters. The number of aliphatic imine (C=N–C) groups is 1. The standard InChI is InChI=1S/C46H56N4/c1-30(2)38-27-42(50(33-15-9-6-10-16-33)35-18-12-24-48-29-35)39-26-40-43-31(21-22-46(40,3)4)25-41(37-20-19-36(38)44(39)45(37)43)49(32-13-7-5-8-14-32)34-17-11-23-47-28-34/h6,9-10,12,15-18,24-25,28-30,32,37-38,40,45H,5,7-8,11,13-14,19-23,26-27H2,1-4H3. The summed E-state index contributed by atoms with van der Waals surface area (Å²) in [4.78, 5) is 15.0. The summed E-state index contributed by atoms with van der Waals surface area (Å²) in [5.74, 6) is 2.73. The summed E-state index contributed by atoms with van der Waals surface area (Å²) in [6, 6.07) is 16.1. The van der Waals surface area contributed by atoms with Crippen molar-refractivity contribution < 1.29 is 0 Å². The molecule has 0 saturated heterocycles. The Morgan fingerprint density at radius 1 is 0.900 bits per heavy atom. The Morgan fingerprint density at radius 3 is 2.46 bits per heavy atom. The Labute approximate surface area is 300 Å². The Morgan fingerprint density at radius 2 is 1.72 bits per heavy atom. The lowest BCUT2D eigenvalue weighted by atomic mass is 9.49. The number of pyridine rings is 1. The van der Waals surface area contributed by atoms with Crippen molar-refractivity contribution in [3.63, 3.8) is 0 Å². The second-order valence-electron chi connectivity index (χ2n) is 17.3. The van der Waals surface area contributed by atoms with E-state index in [2.05, 4.69) is 110 Å². The summed E-state index contributed by atoms with van der Waals surface area (Å²) in [5.41, 5.74) is 16.0. The van der Waals surface area contributed by atoms with Crippen LogP contribution in [0, 0.1) is 35.0 Å². The highest BCUT2D eigenvalue weighted by atomic mass is 15.2. The van der Waals surface area contributed by atoms with Crippen LogP contribution in [-0.4, -0.2) is 28.7 Å². The van der Waals surface area contributed by atoms with Crippen LogP contribution < -0.4 is 4.90 Å². The molecule has 4 unspecified atom stereocenters. The van der Waals surface area contributed by atoms with Gasteiger partial charge in [0.1, 0.15) is 0 Å². The number of aromatic nitrogens is 1. The summed E-state index contributed by atoms with van der Waals surface area (Å²) >= 11 is 0.